The van der Waals surface area contributed by atoms with Crippen LogP contribution in [0.5, 0.6) is 0 Å². The lowest BCUT2D eigenvalue weighted by Crippen LogP contribution is -2.14. The Morgan fingerprint density at radius 2 is 1.81 bits per heavy atom. The molecular weight excluding hydrogens is 200 g/mol. The zero-order chi connectivity index (χ0) is 12.1. The molecule has 0 aromatic heterocycles. The van der Waals surface area contributed by atoms with E-state index in [1.54, 1.807) is 6.92 Å². The minimum atomic E-state index is -0.698. The van der Waals surface area contributed by atoms with Crippen molar-refractivity contribution in [2.24, 2.45) is 11.8 Å². The van der Waals surface area contributed by atoms with Crippen LogP contribution in [0.1, 0.15) is 31.4 Å². The third kappa shape index (κ3) is 4.05. The van der Waals surface area contributed by atoms with Crippen LogP contribution in [0.2, 0.25) is 0 Å². The number of hydrogen-bond acceptors (Lipinski definition) is 1. The standard InChI is InChI=1S/C14H20O2/c1-10-4-6-13(7-5-10)9-11(2)8-12(3)14(15)16/h4-7,11-12H,8-9H2,1-3H3,(H,15,16)/t11-,12+/m1/s1. The molecule has 2 atom stereocenters. The Kier molecular flexibility index (Phi) is 4.53. The fourth-order valence-electron chi connectivity index (χ4n) is 1.91. The fourth-order valence-corrected chi connectivity index (χ4v) is 1.91. The average Bonchev–Trinajstić information content (AvgIpc) is 2.21. The van der Waals surface area contributed by atoms with Crippen molar-refractivity contribution in [3.05, 3.63) is 35.4 Å². The van der Waals surface area contributed by atoms with Crippen molar-refractivity contribution >= 4 is 5.97 Å². The van der Waals surface area contributed by atoms with Gasteiger partial charge in [-0.1, -0.05) is 43.7 Å². The van der Waals surface area contributed by atoms with Gasteiger partial charge >= 0.3 is 5.97 Å². The molecule has 0 amide bonds. The van der Waals surface area contributed by atoms with Crippen LogP contribution in [-0.2, 0) is 11.2 Å². The molecule has 0 bridgehead atoms. The van der Waals surface area contributed by atoms with Crippen LogP contribution in [0.3, 0.4) is 0 Å². The van der Waals surface area contributed by atoms with E-state index in [1.165, 1.54) is 11.1 Å². The Morgan fingerprint density at radius 1 is 1.25 bits per heavy atom. The van der Waals surface area contributed by atoms with Gasteiger partial charge in [0.25, 0.3) is 0 Å². The number of aryl methyl sites for hydroxylation is 1. The van der Waals surface area contributed by atoms with Gasteiger partial charge in [0.05, 0.1) is 5.92 Å². The number of benzene rings is 1. The highest BCUT2D eigenvalue weighted by atomic mass is 16.4. The summed E-state index contributed by atoms with van der Waals surface area (Å²) in [6, 6.07) is 8.44. The lowest BCUT2D eigenvalue weighted by atomic mass is 9.91. The second-order valence-electron chi connectivity index (χ2n) is 4.77. The quantitative estimate of drug-likeness (QED) is 0.826. The van der Waals surface area contributed by atoms with E-state index >= 15 is 0 Å². The average molecular weight is 220 g/mol. The minimum Gasteiger partial charge on any atom is -0.481 e. The second-order valence-corrected chi connectivity index (χ2v) is 4.77. The summed E-state index contributed by atoms with van der Waals surface area (Å²) in [6.45, 7) is 5.95. The lowest BCUT2D eigenvalue weighted by Gasteiger charge is -2.14. The third-order valence-electron chi connectivity index (χ3n) is 2.88. The zero-order valence-corrected chi connectivity index (χ0v) is 10.2. The molecule has 1 aromatic carbocycles. The van der Waals surface area contributed by atoms with Crippen LogP contribution in [0, 0.1) is 18.8 Å². The predicted octanol–water partition coefficient (Wildman–Crippen LogP) is 3.28. The Hall–Kier alpha value is -1.31. The van der Waals surface area contributed by atoms with Crippen LogP contribution in [0.4, 0.5) is 0 Å². The molecule has 0 saturated heterocycles. The molecule has 0 heterocycles. The maximum absolute atomic E-state index is 10.7. The van der Waals surface area contributed by atoms with Crippen molar-refractivity contribution in [2.75, 3.05) is 0 Å². The van der Waals surface area contributed by atoms with Crippen LogP contribution < -0.4 is 0 Å². The molecule has 0 radical (unpaired) electrons. The van der Waals surface area contributed by atoms with Crippen LogP contribution >= 0.6 is 0 Å². The summed E-state index contributed by atoms with van der Waals surface area (Å²) in [5, 5.41) is 8.83. The highest BCUT2D eigenvalue weighted by molar-refractivity contribution is 5.69. The van der Waals surface area contributed by atoms with Crippen LogP contribution in [-0.4, -0.2) is 11.1 Å². The largest absolute Gasteiger partial charge is 0.481 e. The van der Waals surface area contributed by atoms with Gasteiger partial charge in [0.1, 0.15) is 0 Å². The van der Waals surface area contributed by atoms with E-state index in [4.69, 9.17) is 5.11 Å². The SMILES string of the molecule is Cc1ccc(C[C@H](C)C[C@H](C)C(=O)O)cc1. The second kappa shape index (κ2) is 5.69. The van der Waals surface area contributed by atoms with Crippen molar-refractivity contribution in [1.29, 1.82) is 0 Å². The number of rotatable bonds is 5. The minimum absolute atomic E-state index is 0.250. The Morgan fingerprint density at radius 3 is 2.31 bits per heavy atom. The van der Waals surface area contributed by atoms with Crippen LogP contribution in [0.25, 0.3) is 0 Å². The number of carboxylic acid groups (broad SMARTS) is 1. The molecule has 1 N–H and O–H groups in total. The summed E-state index contributed by atoms with van der Waals surface area (Å²) in [6.07, 6.45) is 1.70. The third-order valence-corrected chi connectivity index (χ3v) is 2.88. The van der Waals surface area contributed by atoms with E-state index < -0.39 is 5.97 Å². The van der Waals surface area contributed by atoms with E-state index in [9.17, 15) is 4.79 Å². The molecule has 0 saturated carbocycles. The molecule has 2 heteroatoms. The highest BCUT2D eigenvalue weighted by Crippen LogP contribution is 2.17. The molecule has 2 nitrogen and oxygen atoms in total. The van der Waals surface area contributed by atoms with Gasteiger partial charge in [0.15, 0.2) is 0 Å². The highest BCUT2D eigenvalue weighted by Gasteiger charge is 2.15. The summed E-state index contributed by atoms with van der Waals surface area (Å²) >= 11 is 0. The molecular formula is C14H20O2. The van der Waals surface area contributed by atoms with Crippen LogP contribution in [0.15, 0.2) is 24.3 Å². The van der Waals surface area contributed by atoms with Gasteiger partial charge < -0.3 is 5.11 Å². The molecule has 0 spiro atoms. The molecule has 88 valence electrons. The van der Waals surface area contributed by atoms with E-state index in [2.05, 4.69) is 38.1 Å². The number of aliphatic carboxylic acids is 1. The molecule has 0 unspecified atom stereocenters. The first-order chi connectivity index (χ1) is 7.49. The van der Waals surface area contributed by atoms with Gasteiger partial charge in [-0.15, -0.1) is 0 Å². The molecule has 1 aromatic rings. The first-order valence-electron chi connectivity index (χ1n) is 5.77. The number of carboxylic acids is 1. The lowest BCUT2D eigenvalue weighted by molar-refractivity contribution is -0.141. The summed E-state index contributed by atoms with van der Waals surface area (Å²) in [5.41, 5.74) is 2.55. The molecule has 0 fully saturated rings. The number of carbonyl (C=O) groups is 1. The molecule has 0 aliphatic heterocycles. The number of hydrogen-bond donors (Lipinski definition) is 1. The van der Waals surface area contributed by atoms with E-state index in [0.29, 0.717) is 5.92 Å². The van der Waals surface area contributed by atoms with Gasteiger partial charge in [-0.05, 0) is 31.2 Å². The zero-order valence-electron chi connectivity index (χ0n) is 10.2. The molecule has 0 aliphatic rings. The van der Waals surface area contributed by atoms with E-state index in [0.717, 1.165) is 12.8 Å². The summed E-state index contributed by atoms with van der Waals surface area (Å²) in [4.78, 5) is 10.7. The summed E-state index contributed by atoms with van der Waals surface area (Å²) in [5.74, 6) is -0.537. The van der Waals surface area contributed by atoms with Gasteiger partial charge in [-0.25, -0.2) is 0 Å². The molecule has 1 rings (SSSR count). The predicted molar refractivity (Wildman–Crippen MR) is 65.5 cm³/mol. The molecule has 0 aliphatic carbocycles. The van der Waals surface area contributed by atoms with Crippen molar-refractivity contribution < 1.29 is 9.90 Å². The topological polar surface area (TPSA) is 37.3 Å². The summed E-state index contributed by atoms with van der Waals surface area (Å²) < 4.78 is 0. The first kappa shape index (κ1) is 12.8. The maximum atomic E-state index is 10.7. The smallest absolute Gasteiger partial charge is 0.306 e. The first-order valence-corrected chi connectivity index (χ1v) is 5.77. The van der Waals surface area contributed by atoms with Gasteiger partial charge in [-0.2, -0.15) is 0 Å². The van der Waals surface area contributed by atoms with Gasteiger partial charge in [0, 0.05) is 0 Å². The van der Waals surface area contributed by atoms with E-state index in [1.807, 2.05) is 0 Å². The Labute approximate surface area is 97.3 Å². The van der Waals surface area contributed by atoms with E-state index in [-0.39, 0.29) is 5.92 Å². The van der Waals surface area contributed by atoms with Gasteiger partial charge in [-0.3, -0.25) is 4.79 Å². The normalized spacial score (nSPS) is 14.4. The van der Waals surface area contributed by atoms with Crippen molar-refractivity contribution in [2.45, 2.75) is 33.6 Å². The Bertz CT molecular complexity index is 340. The Balaban J connectivity index is 2.48. The summed E-state index contributed by atoms with van der Waals surface area (Å²) in [7, 11) is 0. The molecule has 16 heavy (non-hydrogen) atoms. The maximum Gasteiger partial charge on any atom is 0.306 e. The monoisotopic (exact) mass is 220 g/mol. The van der Waals surface area contributed by atoms with Crippen molar-refractivity contribution in [3.8, 4) is 0 Å². The van der Waals surface area contributed by atoms with Crippen molar-refractivity contribution in [3.63, 3.8) is 0 Å². The van der Waals surface area contributed by atoms with Gasteiger partial charge in [0.2, 0.25) is 0 Å². The fraction of sp³-hybridized carbons (Fsp3) is 0.500. The van der Waals surface area contributed by atoms with Crippen molar-refractivity contribution in [1.82, 2.24) is 0 Å².